The number of aromatic nitrogens is 1. The van der Waals surface area contributed by atoms with Gasteiger partial charge in [-0.05, 0) is 30.5 Å². The fourth-order valence-electron chi connectivity index (χ4n) is 3.94. The van der Waals surface area contributed by atoms with Crippen LogP contribution in [-0.2, 0) is 20.9 Å². The molecule has 1 atom stereocenters. The van der Waals surface area contributed by atoms with Crippen molar-refractivity contribution in [1.29, 1.82) is 0 Å². The van der Waals surface area contributed by atoms with Crippen molar-refractivity contribution in [2.45, 2.75) is 31.6 Å². The van der Waals surface area contributed by atoms with E-state index in [0.29, 0.717) is 6.61 Å². The van der Waals surface area contributed by atoms with Gasteiger partial charge in [0, 0.05) is 18.5 Å². The predicted molar refractivity (Wildman–Crippen MR) is 112 cm³/mol. The molecule has 5 nitrogen and oxygen atoms in total. The summed E-state index contributed by atoms with van der Waals surface area (Å²) >= 11 is 0. The van der Waals surface area contributed by atoms with Crippen LogP contribution in [0.1, 0.15) is 30.1 Å². The number of para-hydroxylation sites is 1. The summed E-state index contributed by atoms with van der Waals surface area (Å²) in [6.07, 6.45) is 1.94. The van der Waals surface area contributed by atoms with Gasteiger partial charge in [-0.25, -0.2) is 4.79 Å². The number of fused-ring (bicyclic) bond motifs is 1. The van der Waals surface area contributed by atoms with Gasteiger partial charge in [-0.1, -0.05) is 54.6 Å². The van der Waals surface area contributed by atoms with Crippen molar-refractivity contribution in [2.24, 2.45) is 0 Å². The Morgan fingerprint density at radius 1 is 1.03 bits per heavy atom. The summed E-state index contributed by atoms with van der Waals surface area (Å²) in [7, 11) is 1.45. The highest BCUT2D eigenvalue weighted by atomic mass is 16.5. The third-order valence-electron chi connectivity index (χ3n) is 5.50. The minimum Gasteiger partial charge on any atom is -0.468 e. The molecule has 0 N–H and O–H groups in total. The normalized spacial score (nSPS) is 16.6. The number of esters is 1. The molecule has 29 heavy (non-hydrogen) atoms. The van der Waals surface area contributed by atoms with Gasteiger partial charge in [-0.3, -0.25) is 9.88 Å². The maximum Gasteiger partial charge on any atom is 0.327 e. The lowest BCUT2D eigenvalue weighted by Gasteiger charge is -2.36. The fraction of sp³-hybridized carbons (Fsp3) is 0.333. The van der Waals surface area contributed by atoms with E-state index in [-0.39, 0.29) is 18.1 Å². The van der Waals surface area contributed by atoms with Crippen LogP contribution in [0.5, 0.6) is 0 Å². The Morgan fingerprint density at radius 2 is 1.76 bits per heavy atom. The highest BCUT2D eigenvalue weighted by molar-refractivity contribution is 5.78. The zero-order valence-corrected chi connectivity index (χ0v) is 16.7. The third kappa shape index (κ3) is 4.63. The zero-order valence-electron chi connectivity index (χ0n) is 16.7. The zero-order chi connectivity index (χ0) is 20.1. The summed E-state index contributed by atoms with van der Waals surface area (Å²) in [5, 5.41) is 1.14. The lowest BCUT2D eigenvalue weighted by Crippen LogP contribution is -2.42. The van der Waals surface area contributed by atoms with Crippen molar-refractivity contribution in [1.82, 2.24) is 9.88 Å². The van der Waals surface area contributed by atoms with Crippen LogP contribution in [0.2, 0.25) is 0 Å². The topological polar surface area (TPSA) is 51.7 Å². The third-order valence-corrected chi connectivity index (χ3v) is 5.50. The minimum atomic E-state index is -0.357. The Hall–Kier alpha value is -2.76. The summed E-state index contributed by atoms with van der Waals surface area (Å²) < 4.78 is 11.2. The van der Waals surface area contributed by atoms with Crippen LogP contribution in [0.15, 0.2) is 66.7 Å². The molecule has 5 heteroatoms. The summed E-state index contributed by atoms with van der Waals surface area (Å²) in [4.78, 5) is 19.3. The molecule has 1 saturated heterocycles. The first-order valence-corrected chi connectivity index (χ1v) is 10.1. The Kier molecular flexibility index (Phi) is 6.17. The monoisotopic (exact) mass is 390 g/mol. The fourth-order valence-corrected chi connectivity index (χ4v) is 3.94. The number of carbonyl (C=O) groups is 1. The predicted octanol–water partition coefficient (Wildman–Crippen LogP) is 4.13. The maximum absolute atomic E-state index is 12.4. The molecule has 0 aliphatic carbocycles. The van der Waals surface area contributed by atoms with Crippen molar-refractivity contribution >= 4 is 16.9 Å². The van der Waals surface area contributed by atoms with Crippen LogP contribution in [-0.4, -0.2) is 42.2 Å². The Labute approximate surface area is 171 Å². The number of methoxy groups -OCH3 is 1. The largest absolute Gasteiger partial charge is 0.468 e. The van der Waals surface area contributed by atoms with Gasteiger partial charge in [-0.15, -0.1) is 0 Å². The van der Waals surface area contributed by atoms with Crippen molar-refractivity contribution in [2.75, 3.05) is 20.2 Å². The van der Waals surface area contributed by atoms with E-state index >= 15 is 0 Å². The van der Waals surface area contributed by atoms with Gasteiger partial charge in [0.25, 0.3) is 0 Å². The van der Waals surface area contributed by atoms with Gasteiger partial charge in [0.15, 0.2) is 0 Å². The molecular formula is C24H26N2O3. The second-order valence-electron chi connectivity index (χ2n) is 7.38. The molecule has 0 saturated carbocycles. The molecule has 1 fully saturated rings. The SMILES string of the molecule is COC(=O)C(c1ccccc1)N1CCC(OCc2ccc3ccccc3n2)CC1. The van der Waals surface area contributed by atoms with E-state index in [1.807, 2.05) is 54.6 Å². The van der Waals surface area contributed by atoms with E-state index in [2.05, 4.69) is 22.0 Å². The molecule has 2 heterocycles. The van der Waals surface area contributed by atoms with Gasteiger partial charge >= 0.3 is 5.97 Å². The van der Waals surface area contributed by atoms with E-state index < -0.39 is 0 Å². The van der Waals surface area contributed by atoms with Gasteiger partial charge in [0.2, 0.25) is 0 Å². The molecule has 3 aromatic rings. The average Bonchev–Trinajstić information content (AvgIpc) is 2.79. The van der Waals surface area contributed by atoms with E-state index in [1.54, 1.807) is 0 Å². The van der Waals surface area contributed by atoms with Crippen molar-refractivity contribution < 1.29 is 14.3 Å². The van der Waals surface area contributed by atoms with Crippen molar-refractivity contribution in [3.63, 3.8) is 0 Å². The van der Waals surface area contributed by atoms with Crippen LogP contribution >= 0.6 is 0 Å². The first-order chi connectivity index (χ1) is 14.2. The van der Waals surface area contributed by atoms with Crippen molar-refractivity contribution in [3.8, 4) is 0 Å². The highest BCUT2D eigenvalue weighted by Gasteiger charge is 2.32. The lowest BCUT2D eigenvalue weighted by molar-refractivity contribution is -0.148. The number of benzene rings is 2. The number of ether oxygens (including phenoxy) is 2. The number of likely N-dealkylation sites (tertiary alicyclic amines) is 1. The number of hydrogen-bond acceptors (Lipinski definition) is 5. The summed E-state index contributed by atoms with van der Waals surface area (Å²) in [5.74, 6) is -0.212. The van der Waals surface area contributed by atoms with Gasteiger partial charge in [0.05, 0.1) is 31.0 Å². The van der Waals surface area contributed by atoms with E-state index in [4.69, 9.17) is 9.47 Å². The Bertz CT molecular complexity index is 953. The molecule has 1 aromatic heterocycles. The summed E-state index contributed by atoms with van der Waals surface area (Å²) in [5.41, 5.74) is 2.91. The molecule has 0 amide bonds. The van der Waals surface area contributed by atoms with Crippen LogP contribution < -0.4 is 0 Å². The van der Waals surface area contributed by atoms with Crippen LogP contribution in [0, 0.1) is 0 Å². The standard InChI is InChI=1S/C24H26N2O3/c1-28-24(27)23(19-8-3-2-4-9-19)26-15-13-21(14-16-26)29-17-20-12-11-18-7-5-6-10-22(18)25-20/h2-12,21,23H,13-17H2,1H3. The van der Waals surface area contributed by atoms with E-state index in [1.165, 1.54) is 7.11 Å². The van der Waals surface area contributed by atoms with Gasteiger partial charge in [0.1, 0.15) is 6.04 Å². The molecule has 4 rings (SSSR count). The Morgan fingerprint density at radius 3 is 2.52 bits per heavy atom. The molecule has 150 valence electrons. The first-order valence-electron chi connectivity index (χ1n) is 10.1. The number of rotatable bonds is 6. The number of nitrogens with zero attached hydrogens (tertiary/aromatic N) is 2. The van der Waals surface area contributed by atoms with Gasteiger partial charge < -0.3 is 9.47 Å². The molecule has 0 spiro atoms. The number of hydrogen-bond donors (Lipinski definition) is 0. The summed E-state index contributed by atoms with van der Waals surface area (Å²) in [6, 6.07) is 21.7. The lowest BCUT2D eigenvalue weighted by atomic mass is 10.0. The molecular weight excluding hydrogens is 364 g/mol. The quantitative estimate of drug-likeness (QED) is 0.593. The highest BCUT2D eigenvalue weighted by Crippen LogP contribution is 2.27. The molecule has 2 aromatic carbocycles. The molecule has 0 bridgehead atoms. The minimum absolute atomic E-state index is 0.175. The number of pyridine rings is 1. The van der Waals surface area contributed by atoms with Crippen LogP contribution in [0.25, 0.3) is 10.9 Å². The van der Waals surface area contributed by atoms with Crippen LogP contribution in [0.4, 0.5) is 0 Å². The maximum atomic E-state index is 12.4. The second kappa shape index (κ2) is 9.16. The van der Waals surface area contributed by atoms with E-state index in [0.717, 1.165) is 48.1 Å². The number of carbonyl (C=O) groups excluding carboxylic acids is 1. The van der Waals surface area contributed by atoms with Crippen LogP contribution in [0.3, 0.4) is 0 Å². The summed E-state index contributed by atoms with van der Waals surface area (Å²) in [6.45, 7) is 2.10. The van der Waals surface area contributed by atoms with Gasteiger partial charge in [-0.2, -0.15) is 0 Å². The molecule has 0 radical (unpaired) electrons. The second-order valence-corrected chi connectivity index (χ2v) is 7.38. The molecule has 1 aliphatic rings. The first kappa shape index (κ1) is 19.6. The smallest absolute Gasteiger partial charge is 0.327 e. The average molecular weight is 390 g/mol. The van der Waals surface area contributed by atoms with Crippen molar-refractivity contribution in [3.05, 3.63) is 78.0 Å². The molecule has 1 unspecified atom stereocenters. The molecule has 1 aliphatic heterocycles. The van der Waals surface area contributed by atoms with E-state index in [9.17, 15) is 4.79 Å². The number of piperidine rings is 1. The Balaban J connectivity index is 1.35.